The average Bonchev–Trinajstić information content (AvgIpc) is 3.69. The molecule has 2 nitrogen and oxygen atoms in total. The molecule has 0 spiro atoms. The van der Waals surface area contributed by atoms with Crippen LogP contribution in [-0.2, 0) is 0 Å². The van der Waals surface area contributed by atoms with Crippen molar-refractivity contribution in [2.45, 2.75) is 0 Å². The van der Waals surface area contributed by atoms with Crippen LogP contribution in [0.3, 0.4) is 0 Å². The molecule has 270 valence electrons. The minimum atomic E-state index is -2.60. The van der Waals surface area contributed by atoms with Crippen LogP contribution in [0.1, 0.15) is 0 Å². The molecule has 0 N–H and O–H groups in total. The fourth-order valence-corrected chi connectivity index (χ4v) is 13.4. The number of para-hydroxylation sites is 1. The number of hydrogen-bond donors (Lipinski definition) is 0. The van der Waals surface area contributed by atoms with Gasteiger partial charge < -0.3 is 9.32 Å². The van der Waals surface area contributed by atoms with E-state index in [4.69, 9.17) is 4.42 Å². The van der Waals surface area contributed by atoms with E-state index in [9.17, 15) is 0 Å². The topological polar surface area (TPSA) is 16.4 Å². The van der Waals surface area contributed by atoms with Gasteiger partial charge in [0.2, 0.25) is 0 Å². The van der Waals surface area contributed by atoms with Crippen LogP contribution in [0, 0.1) is 0 Å². The summed E-state index contributed by atoms with van der Waals surface area (Å²) in [6, 6.07) is 85.6. The lowest BCUT2D eigenvalue weighted by Crippen LogP contribution is -2.74. The van der Waals surface area contributed by atoms with Crippen LogP contribution in [0.4, 0.5) is 17.1 Å². The molecular weight excluding hydrogens is 707 g/mol. The van der Waals surface area contributed by atoms with Gasteiger partial charge in [0.25, 0.3) is 0 Å². The molecule has 0 aliphatic heterocycles. The summed E-state index contributed by atoms with van der Waals surface area (Å²) in [7, 11) is -2.60. The monoisotopic (exact) mass is 745 g/mol. The predicted molar refractivity (Wildman–Crippen MR) is 243 cm³/mol. The van der Waals surface area contributed by atoms with Crippen LogP contribution in [0.2, 0.25) is 0 Å². The Balaban J connectivity index is 1.08. The van der Waals surface area contributed by atoms with E-state index in [0.717, 1.165) is 44.6 Å². The molecule has 3 heteroatoms. The highest BCUT2D eigenvalue weighted by Crippen LogP contribution is 2.45. The molecule has 0 saturated heterocycles. The van der Waals surface area contributed by atoms with Gasteiger partial charge in [-0.2, -0.15) is 0 Å². The van der Waals surface area contributed by atoms with Gasteiger partial charge in [0.1, 0.15) is 11.2 Å². The van der Waals surface area contributed by atoms with Crippen molar-refractivity contribution in [3.63, 3.8) is 0 Å². The van der Waals surface area contributed by atoms with E-state index >= 15 is 0 Å². The van der Waals surface area contributed by atoms with Crippen LogP contribution < -0.4 is 25.6 Å². The summed E-state index contributed by atoms with van der Waals surface area (Å²) < 4.78 is 6.55. The SMILES string of the molecule is c1ccc(-c2cccc3oc4cccc(N(c5ccccc5)c5ccc(-c6ccc([Si](c7ccccc7)(c7ccccc7)c7ccccc7)cc6)cc5)c4c23)cc1. The van der Waals surface area contributed by atoms with Crippen molar-refractivity contribution in [3.8, 4) is 22.3 Å². The Hall–Kier alpha value is -7.20. The molecule has 1 aromatic heterocycles. The zero-order valence-electron chi connectivity index (χ0n) is 31.4. The molecule has 0 saturated carbocycles. The Morgan fingerprint density at radius 1 is 0.298 bits per heavy atom. The van der Waals surface area contributed by atoms with Crippen LogP contribution in [0.25, 0.3) is 44.2 Å². The lowest BCUT2D eigenvalue weighted by molar-refractivity contribution is 0.669. The molecule has 10 rings (SSSR count). The zero-order valence-corrected chi connectivity index (χ0v) is 32.4. The van der Waals surface area contributed by atoms with E-state index in [1.165, 1.54) is 37.4 Å². The van der Waals surface area contributed by atoms with Gasteiger partial charge in [0.05, 0.1) is 11.1 Å². The molecule has 0 amide bonds. The van der Waals surface area contributed by atoms with Crippen molar-refractivity contribution in [2.24, 2.45) is 0 Å². The number of hydrogen-bond acceptors (Lipinski definition) is 2. The number of benzene rings is 9. The fourth-order valence-electron chi connectivity index (χ4n) is 8.68. The number of anilines is 3. The fraction of sp³-hybridized carbons (Fsp3) is 0. The van der Waals surface area contributed by atoms with E-state index in [1.807, 2.05) is 0 Å². The van der Waals surface area contributed by atoms with E-state index in [0.29, 0.717) is 0 Å². The average molecular weight is 746 g/mol. The zero-order chi connectivity index (χ0) is 38.0. The summed E-state index contributed by atoms with van der Waals surface area (Å²) in [6.07, 6.45) is 0. The molecule has 0 aliphatic carbocycles. The number of furan rings is 1. The first-order valence-electron chi connectivity index (χ1n) is 19.5. The normalized spacial score (nSPS) is 11.5. The molecule has 10 aromatic rings. The van der Waals surface area contributed by atoms with Gasteiger partial charge in [0.15, 0.2) is 8.07 Å². The first kappa shape index (κ1) is 34.3. The summed E-state index contributed by atoms with van der Waals surface area (Å²) >= 11 is 0. The summed E-state index contributed by atoms with van der Waals surface area (Å²) in [5.74, 6) is 0. The molecule has 57 heavy (non-hydrogen) atoms. The summed E-state index contributed by atoms with van der Waals surface area (Å²) in [5.41, 5.74) is 9.65. The van der Waals surface area contributed by atoms with Crippen molar-refractivity contribution in [1.29, 1.82) is 0 Å². The maximum absolute atomic E-state index is 6.55. The summed E-state index contributed by atoms with van der Waals surface area (Å²) in [5, 5.41) is 7.69. The molecule has 0 fully saturated rings. The second-order valence-electron chi connectivity index (χ2n) is 14.4. The highest BCUT2D eigenvalue weighted by Gasteiger charge is 2.41. The van der Waals surface area contributed by atoms with Crippen molar-refractivity contribution < 1.29 is 4.42 Å². The number of fused-ring (bicyclic) bond motifs is 3. The second kappa shape index (κ2) is 14.8. The van der Waals surface area contributed by atoms with E-state index in [-0.39, 0.29) is 0 Å². The molecule has 1 heterocycles. The smallest absolute Gasteiger partial charge is 0.179 e. The number of rotatable bonds is 9. The van der Waals surface area contributed by atoms with Gasteiger partial charge in [0, 0.05) is 16.8 Å². The van der Waals surface area contributed by atoms with E-state index in [2.05, 4.69) is 241 Å². The van der Waals surface area contributed by atoms with Gasteiger partial charge >= 0.3 is 0 Å². The van der Waals surface area contributed by atoms with Gasteiger partial charge in [-0.15, -0.1) is 0 Å². The highest BCUT2D eigenvalue weighted by molar-refractivity contribution is 7.19. The van der Waals surface area contributed by atoms with Crippen molar-refractivity contribution in [1.82, 2.24) is 0 Å². The lowest BCUT2D eigenvalue weighted by Gasteiger charge is -2.34. The van der Waals surface area contributed by atoms with Crippen LogP contribution >= 0.6 is 0 Å². The van der Waals surface area contributed by atoms with Gasteiger partial charge in [-0.3, -0.25) is 0 Å². The van der Waals surface area contributed by atoms with Gasteiger partial charge in [-0.25, -0.2) is 0 Å². The third-order valence-corrected chi connectivity index (χ3v) is 16.0. The largest absolute Gasteiger partial charge is 0.456 e. The van der Waals surface area contributed by atoms with Crippen molar-refractivity contribution in [3.05, 3.63) is 237 Å². The maximum atomic E-state index is 6.55. The minimum Gasteiger partial charge on any atom is -0.456 e. The van der Waals surface area contributed by atoms with E-state index < -0.39 is 8.07 Å². The number of nitrogens with zero attached hydrogens (tertiary/aromatic N) is 1. The predicted octanol–water partition coefficient (Wildman–Crippen LogP) is 11.8. The quantitative estimate of drug-likeness (QED) is 0.108. The minimum absolute atomic E-state index is 0.865. The Labute approximate surface area is 334 Å². The summed E-state index contributed by atoms with van der Waals surface area (Å²) in [4.78, 5) is 2.35. The third-order valence-electron chi connectivity index (χ3n) is 11.2. The van der Waals surface area contributed by atoms with Crippen LogP contribution in [-0.4, -0.2) is 8.07 Å². The maximum Gasteiger partial charge on any atom is 0.179 e. The standard InChI is InChI=1S/C54H39NOSi/c1-6-18-42(19-7-1)49-28-16-30-51-53(49)54-50(29-17-31-52(54)56-51)55(43-20-8-2-9-21-43)44-36-32-40(33-37-44)41-34-38-48(39-35-41)57(45-22-10-3-11-23-45,46-24-12-4-13-25-46)47-26-14-5-15-27-47/h1-39H. The Bertz CT molecular complexity index is 2810. The first-order valence-corrected chi connectivity index (χ1v) is 21.5. The Morgan fingerprint density at radius 2 is 0.719 bits per heavy atom. The molecular formula is C54H39NOSi. The molecule has 0 atom stereocenters. The van der Waals surface area contributed by atoms with Crippen molar-refractivity contribution >= 4 is 67.8 Å². The first-order chi connectivity index (χ1) is 28.3. The van der Waals surface area contributed by atoms with Crippen LogP contribution in [0.5, 0.6) is 0 Å². The lowest BCUT2D eigenvalue weighted by atomic mass is 9.98. The van der Waals surface area contributed by atoms with E-state index in [1.54, 1.807) is 0 Å². The third kappa shape index (κ3) is 6.06. The van der Waals surface area contributed by atoms with Gasteiger partial charge in [-0.1, -0.05) is 194 Å². The summed E-state index contributed by atoms with van der Waals surface area (Å²) in [6.45, 7) is 0. The molecule has 0 unspecified atom stereocenters. The molecule has 0 aliphatic rings. The van der Waals surface area contributed by atoms with Gasteiger partial charge in [-0.05, 0) is 85.5 Å². The molecule has 0 bridgehead atoms. The molecule has 9 aromatic carbocycles. The second-order valence-corrected chi connectivity index (χ2v) is 18.2. The Kier molecular flexibility index (Phi) is 8.90. The van der Waals surface area contributed by atoms with Crippen molar-refractivity contribution in [2.75, 3.05) is 4.90 Å². The molecule has 0 radical (unpaired) electrons. The highest BCUT2D eigenvalue weighted by atomic mass is 28.3. The van der Waals surface area contributed by atoms with Crippen LogP contribution in [0.15, 0.2) is 241 Å². The Morgan fingerprint density at radius 3 is 1.26 bits per heavy atom.